The number of piperidine rings is 1. The van der Waals surface area contributed by atoms with Crippen LogP contribution in [-0.2, 0) is 4.79 Å². The molecule has 1 amide bonds. The van der Waals surface area contributed by atoms with Gasteiger partial charge in [0.15, 0.2) is 0 Å². The lowest BCUT2D eigenvalue weighted by Gasteiger charge is -2.34. The molecule has 0 saturated carbocycles. The lowest BCUT2D eigenvalue weighted by molar-refractivity contribution is -0.117. The van der Waals surface area contributed by atoms with E-state index in [0.717, 1.165) is 13.1 Å². The number of halogens is 1. The Labute approximate surface area is 113 Å². The number of likely N-dealkylation sites (tertiary alicyclic amines) is 1. The van der Waals surface area contributed by atoms with Gasteiger partial charge in [0, 0.05) is 18.8 Å². The van der Waals surface area contributed by atoms with E-state index in [9.17, 15) is 9.18 Å². The molecule has 3 nitrogen and oxygen atoms in total. The number of nitrogens with one attached hydrogen (secondary N) is 1. The van der Waals surface area contributed by atoms with Crippen LogP contribution in [0.15, 0.2) is 24.3 Å². The van der Waals surface area contributed by atoms with Crippen molar-refractivity contribution in [2.24, 2.45) is 11.8 Å². The van der Waals surface area contributed by atoms with Crippen LogP contribution >= 0.6 is 0 Å². The van der Waals surface area contributed by atoms with E-state index in [1.807, 2.05) is 0 Å². The zero-order valence-electron chi connectivity index (χ0n) is 11.5. The average Bonchev–Trinajstić information content (AvgIpc) is 2.26. The Balaban J connectivity index is 1.87. The molecule has 0 spiro atoms. The summed E-state index contributed by atoms with van der Waals surface area (Å²) < 4.78 is 13.0. The Kier molecular flexibility index (Phi) is 4.53. The number of nitrogens with zero attached hydrogens (tertiary/aromatic N) is 1. The second-order valence-electron chi connectivity index (χ2n) is 5.70. The Morgan fingerprint density at radius 2 is 2.05 bits per heavy atom. The topological polar surface area (TPSA) is 32.3 Å². The summed E-state index contributed by atoms with van der Waals surface area (Å²) in [6.45, 7) is 6.73. The molecular weight excluding hydrogens is 243 g/mol. The van der Waals surface area contributed by atoms with Crippen molar-refractivity contribution in [1.29, 1.82) is 0 Å². The predicted molar refractivity (Wildman–Crippen MR) is 74.4 cm³/mol. The number of hydrogen-bond acceptors (Lipinski definition) is 2. The molecule has 19 heavy (non-hydrogen) atoms. The molecule has 1 aliphatic heterocycles. The number of anilines is 1. The van der Waals surface area contributed by atoms with E-state index in [0.29, 0.717) is 24.1 Å². The maximum atomic E-state index is 13.0. The summed E-state index contributed by atoms with van der Waals surface area (Å²) in [5.74, 6) is 0.848. The van der Waals surface area contributed by atoms with Crippen LogP contribution in [0.5, 0.6) is 0 Å². The minimum Gasteiger partial charge on any atom is -0.325 e. The van der Waals surface area contributed by atoms with E-state index in [4.69, 9.17) is 0 Å². The highest BCUT2D eigenvalue weighted by molar-refractivity contribution is 5.92. The van der Waals surface area contributed by atoms with Gasteiger partial charge in [-0.15, -0.1) is 0 Å². The molecule has 1 saturated heterocycles. The van der Waals surface area contributed by atoms with E-state index in [2.05, 4.69) is 24.1 Å². The largest absolute Gasteiger partial charge is 0.325 e. The van der Waals surface area contributed by atoms with Gasteiger partial charge in [0.2, 0.25) is 5.91 Å². The van der Waals surface area contributed by atoms with Crippen molar-refractivity contribution >= 4 is 11.6 Å². The second-order valence-corrected chi connectivity index (χ2v) is 5.70. The molecule has 1 N–H and O–H groups in total. The summed E-state index contributed by atoms with van der Waals surface area (Å²) in [5.41, 5.74) is 0.517. The highest BCUT2D eigenvalue weighted by Crippen LogP contribution is 2.20. The van der Waals surface area contributed by atoms with Gasteiger partial charge in [-0.05, 0) is 36.5 Å². The number of hydrogen-bond donors (Lipinski definition) is 1. The standard InChI is InChI=1S/C15H21FN2O/c1-11-6-12(2)9-18(8-11)10-15(19)17-14-5-3-4-13(16)7-14/h3-5,7,11-12H,6,8-10H2,1-2H3,(H,17,19)/t11-,12-/m0/s1. The van der Waals surface area contributed by atoms with E-state index < -0.39 is 0 Å². The number of benzene rings is 1. The lowest BCUT2D eigenvalue weighted by Crippen LogP contribution is -2.42. The van der Waals surface area contributed by atoms with Crippen molar-refractivity contribution in [3.05, 3.63) is 30.1 Å². The van der Waals surface area contributed by atoms with Crippen molar-refractivity contribution in [2.45, 2.75) is 20.3 Å². The number of amides is 1. The molecule has 4 heteroatoms. The van der Waals surface area contributed by atoms with Crippen LogP contribution in [-0.4, -0.2) is 30.4 Å². The molecule has 0 radical (unpaired) electrons. The van der Waals surface area contributed by atoms with Crippen molar-refractivity contribution in [1.82, 2.24) is 4.90 Å². The summed E-state index contributed by atoms with van der Waals surface area (Å²) in [5, 5.41) is 2.74. The maximum absolute atomic E-state index is 13.0. The first-order valence-corrected chi connectivity index (χ1v) is 6.80. The van der Waals surface area contributed by atoms with Crippen LogP contribution in [0.2, 0.25) is 0 Å². The Morgan fingerprint density at radius 3 is 2.68 bits per heavy atom. The highest BCUT2D eigenvalue weighted by Gasteiger charge is 2.23. The molecule has 1 fully saturated rings. The minimum atomic E-state index is -0.335. The third-order valence-corrected chi connectivity index (χ3v) is 3.42. The minimum absolute atomic E-state index is 0.0769. The molecule has 1 aromatic carbocycles. The lowest BCUT2D eigenvalue weighted by atomic mass is 9.92. The summed E-state index contributed by atoms with van der Waals surface area (Å²) in [4.78, 5) is 14.1. The van der Waals surface area contributed by atoms with Crippen LogP contribution in [0.4, 0.5) is 10.1 Å². The van der Waals surface area contributed by atoms with Gasteiger partial charge in [0.25, 0.3) is 0 Å². The second kappa shape index (κ2) is 6.15. The Bertz CT molecular complexity index is 440. The van der Waals surface area contributed by atoms with E-state index in [1.165, 1.54) is 18.6 Å². The molecule has 0 aliphatic carbocycles. The monoisotopic (exact) mass is 264 g/mol. The van der Waals surface area contributed by atoms with Crippen molar-refractivity contribution in [2.75, 3.05) is 25.0 Å². The summed E-state index contributed by atoms with van der Waals surface area (Å²) in [6.07, 6.45) is 1.22. The Morgan fingerprint density at radius 1 is 1.37 bits per heavy atom. The van der Waals surface area contributed by atoms with Gasteiger partial charge in [-0.3, -0.25) is 9.69 Å². The molecule has 1 aromatic rings. The molecule has 104 valence electrons. The smallest absolute Gasteiger partial charge is 0.238 e. The highest BCUT2D eigenvalue weighted by atomic mass is 19.1. The van der Waals surface area contributed by atoms with Gasteiger partial charge < -0.3 is 5.32 Å². The van der Waals surface area contributed by atoms with Crippen LogP contribution in [0.3, 0.4) is 0 Å². The van der Waals surface area contributed by atoms with Gasteiger partial charge in [-0.2, -0.15) is 0 Å². The zero-order chi connectivity index (χ0) is 13.8. The molecule has 1 heterocycles. The first-order chi connectivity index (χ1) is 9.02. The summed E-state index contributed by atoms with van der Waals surface area (Å²) in [7, 11) is 0. The summed E-state index contributed by atoms with van der Waals surface area (Å²) in [6, 6.07) is 5.99. The average molecular weight is 264 g/mol. The number of carbonyl (C=O) groups is 1. The fraction of sp³-hybridized carbons (Fsp3) is 0.533. The fourth-order valence-corrected chi connectivity index (χ4v) is 2.89. The van der Waals surface area contributed by atoms with Gasteiger partial charge in [-0.25, -0.2) is 4.39 Å². The molecule has 0 unspecified atom stereocenters. The van der Waals surface area contributed by atoms with Crippen molar-refractivity contribution < 1.29 is 9.18 Å². The molecular formula is C15H21FN2O. The SMILES string of the molecule is C[C@H]1C[C@H](C)CN(CC(=O)Nc2cccc(F)c2)C1. The van der Waals surface area contributed by atoms with Crippen LogP contribution in [0.25, 0.3) is 0 Å². The predicted octanol–water partition coefficient (Wildman–Crippen LogP) is 2.74. The summed E-state index contributed by atoms with van der Waals surface area (Å²) >= 11 is 0. The van der Waals surface area contributed by atoms with Crippen molar-refractivity contribution in [3.63, 3.8) is 0 Å². The maximum Gasteiger partial charge on any atom is 0.238 e. The Hall–Kier alpha value is -1.42. The van der Waals surface area contributed by atoms with Crippen LogP contribution in [0, 0.1) is 17.7 Å². The van der Waals surface area contributed by atoms with E-state index >= 15 is 0 Å². The van der Waals surface area contributed by atoms with Gasteiger partial charge in [-0.1, -0.05) is 19.9 Å². The molecule has 0 bridgehead atoms. The molecule has 2 rings (SSSR count). The van der Waals surface area contributed by atoms with E-state index in [1.54, 1.807) is 12.1 Å². The quantitative estimate of drug-likeness (QED) is 0.910. The normalized spacial score (nSPS) is 24.2. The van der Waals surface area contributed by atoms with Crippen molar-refractivity contribution in [3.8, 4) is 0 Å². The first-order valence-electron chi connectivity index (χ1n) is 6.80. The van der Waals surface area contributed by atoms with Crippen LogP contribution in [0.1, 0.15) is 20.3 Å². The number of carbonyl (C=O) groups excluding carboxylic acids is 1. The number of rotatable bonds is 3. The van der Waals surface area contributed by atoms with Gasteiger partial charge in [0.05, 0.1) is 6.54 Å². The van der Waals surface area contributed by atoms with E-state index in [-0.39, 0.29) is 11.7 Å². The molecule has 2 atom stereocenters. The molecule has 0 aromatic heterocycles. The van der Waals surface area contributed by atoms with Gasteiger partial charge >= 0.3 is 0 Å². The zero-order valence-corrected chi connectivity index (χ0v) is 11.5. The fourth-order valence-electron chi connectivity index (χ4n) is 2.89. The molecule has 1 aliphatic rings. The third-order valence-electron chi connectivity index (χ3n) is 3.42. The van der Waals surface area contributed by atoms with Gasteiger partial charge in [0.1, 0.15) is 5.82 Å². The van der Waals surface area contributed by atoms with Crippen LogP contribution < -0.4 is 5.32 Å². The third kappa shape index (κ3) is 4.31. The first kappa shape index (κ1) is 14.0.